The van der Waals surface area contributed by atoms with Crippen LogP contribution in [0.5, 0.6) is 11.5 Å². The fraction of sp³-hybridized carbons (Fsp3) is 0.269. The minimum absolute atomic E-state index is 0.200. The van der Waals surface area contributed by atoms with E-state index < -0.39 is 12.0 Å². The van der Waals surface area contributed by atoms with E-state index in [1.165, 1.54) is 23.0 Å². The average Bonchev–Trinajstić information content (AvgIpc) is 3.13. The van der Waals surface area contributed by atoms with Crippen LogP contribution in [-0.4, -0.2) is 30.9 Å². The number of fused-ring (bicyclic) bond motifs is 1. The number of allylic oxidation sites excluding steroid dienone is 1. The highest BCUT2D eigenvalue weighted by Crippen LogP contribution is 2.33. The maximum absolute atomic E-state index is 13.7. The minimum atomic E-state index is -0.719. The molecular weight excluding hydrogens is 523 g/mol. The van der Waals surface area contributed by atoms with Crippen molar-refractivity contribution in [2.45, 2.75) is 26.8 Å². The molecule has 1 atom stereocenters. The summed E-state index contributed by atoms with van der Waals surface area (Å²) in [6.07, 6.45) is 1.67. The maximum Gasteiger partial charge on any atom is 0.338 e. The van der Waals surface area contributed by atoms with Crippen LogP contribution in [0.3, 0.4) is 0 Å². The predicted octanol–water partition coefficient (Wildman–Crippen LogP) is 4.51. The standard InChI is InChI=1S/C26H24Cl2N2O5S/c1-5-34-18-9-7-15(8-10-18)22-21(25(32)35-6-2)14(3)29-26-30(22)24(31)20(36-26)12-16-11-17(27)13-19(28)23(16)33-4/h7-13,22H,5-6H2,1-4H3/b20-12-/t22-/m1/s1. The van der Waals surface area contributed by atoms with Crippen molar-refractivity contribution in [2.75, 3.05) is 20.3 Å². The lowest BCUT2D eigenvalue weighted by Gasteiger charge is -2.24. The molecule has 1 aliphatic heterocycles. The van der Waals surface area contributed by atoms with Gasteiger partial charge in [0, 0.05) is 10.6 Å². The number of esters is 1. The van der Waals surface area contributed by atoms with E-state index in [9.17, 15) is 9.59 Å². The van der Waals surface area contributed by atoms with E-state index in [1.54, 1.807) is 32.1 Å². The summed E-state index contributed by atoms with van der Waals surface area (Å²) < 4.78 is 18.2. The van der Waals surface area contributed by atoms with Gasteiger partial charge in [-0.2, -0.15) is 0 Å². The number of methoxy groups -OCH3 is 1. The van der Waals surface area contributed by atoms with Gasteiger partial charge in [-0.3, -0.25) is 9.36 Å². The zero-order valence-corrected chi connectivity index (χ0v) is 22.5. The average molecular weight is 547 g/mol. The normalized spacial score (nSPS) is 15.4. The summed E-state index contributed by atoms with van der Waals surface area (Å²) in [5, 5.41) is 0.740. The zero-order valence-electron chi connectivity index (χ0n) is 20.1. The number of thiazole rings is 1. The second-order valence-electron chi connectivity index (χ2n) is 7.81. The van der Waals surface area contributed by atoms with Gasteiger partial charge in [-0.05, 0) is 56.7 Å². The third-order valence-corrected chi connectivity index (χ3v) is 7.03. The van der Waals surface area contributed by atoms with Crippen LogP contribution in [0.4, 0.5) is 0 Å². The molecule has 0 unspecified atom stereocenters. The Hall–Kier alpha value is -3.07. The molecule has 0 saturated carbocycles. The van der Waals surface area contributed by atoms with Crippen LogP contribution in [-0.2, 0) is 9.53 Å². The van der Waals surface area contributed by atoms with E-state index in [0.29, 0.717) is 54.3 Å². The molecule has 0 bridgehead atoms. The van der Waals surface area contributed by atoms with Crippen LogP contribution in [0, 0.1) is 0 Å². The van der Waals surface area contributed by atoms with Gasteiger partial charge in [0.2, 0.25) is 0 Å². The Morgan fingerprint density at radius 3 is 2.53 bits per heavy atom. The summed E-state index contributed by atoms with van der Waals surface area (Å²) in [7, 11) is 1.49. The number of benzene rings is 2. The van der Waals surface area contributed by atoms with Crippen molar-refractivity contribution in [1.29, 1.82) is 0 Å². The Morgan fingerprint density at radius 1 is 1.17 bits per heavy atom. The van der Waals surface area contributed by atoms with E-state index >= 15 is 0 Å². The number of ether oxygens (including phenoxy) is 3. The Bertz CT molecular complexity index is 1520. The van der Waals surface area contributed by atoms with Crippen molar-refractivity contribution in [2.24, 2.45) is 4.99 Å². The van der Waals surface area contributed by atoms with E-state index in [2.05, 4.69) is 4.99 Å². The number of nitrogens with zero attached hydrogens (tertiary/aromatic N) is 2. The van der Waals surface area contributed by atoms with Gasteiger partial charge in [-0.25, -0.2) is 9.79 Å². The lowest BCUT2D eigenvalue weighted by Crippen LogP contribution is -2.39. The van der Waals surface area contributed by atoms with E-state index in [0.717, 1.165) is 5.56 Å². The van der Waals surface area contributed by atoms with Crippen LogP contribution in [0.25, 0.3) is 6.08 Å². The molecule has 0 N–H and O–H groups in total. The molecule has 0 spiro atoms. The van der Waals surface area contributed by atoms with E-state index in [-0.39, 0.29) is 12.2 Å². The van der Waals surface area contributed by atoms with Crippen molar-refractivity contribution in [3.05, 3.63) is 88.5 Å². The first-order valence-corrected chi connectivity index (χ1v) is 12.8. The topological polar surface area (TPSA) is 79.1 Å². The Kier molecular flexibility index (Phi) is 7.88. The summed E-state index contributed by atoms with van der Waals surface area (Å²) in [4.78, 5) is 31.8. The maximum atomic E-state index is 13.7. The molecule has 7 nitrogen and oxygen atoms in total. The molecule has 0 amide bonds. The van der Waals surface area contributed by atoms with Gasteiger partial charge in [0.05, 0.1) is 47.2 Å². The highest BCUT2D eigenvalue weighted by atomic mass is 35.5. The summed E-state index contributed by atoms with van der Waals surface area (Å²) in [6.45, 7) is 6.10. The van der Waals surface area contributed by atoms with Crippen molar-refractivity contribution in [3.63, 3.8) is 0 Å². The Balaban J connectivity index is 1.95. The molecule has 10 heteroatoms. The lowest BCUT2D eigenvalue weighted by atomic mass is 9.96. The van der Waals surface area contributed by atoms with E-state index in [1.807, 2.05) is 31.2 Å². The van der Waals surface area contributed by atoms with Gasteiger partial charge in [-0.15, -0.1) is 0 Å². The van der Waals surface area contributed by atoms with Crippen LogP contribution in [0.15, 0.2) is 57.5 Å². The van der Waals surface area contributed by atoms with Crippen LogP contribution in [0.1, 0.15) is 37.9 Å². The second-order valence-corrected chi connectivity index (χ2v) is 9.67. The third-order valence-electron chi connectivity index (χ3n) is 5.55. The molecule has 0 fully saturated rings. The Labute approximate surface area is 221 Å². The number of carbonyl (C=O) groups is 1. The van der Waals surface area contributed by atoms with Gasteiger partial charge in [0.1, 0.15) is 11.5 Å². The molecule has 0 aliphatic carbocycles. The molecule has 36 heavy (non-hydrogen) atoms. The molecule has 0 radical (unpaired) electrons. The van der Waals surface area contributed by atoms with Crippen molar-refractivity contribution in [1.82, 2.24) is 4.57 Å². The summed E-state index contributed by atoms with van der Waals surface area (Å²) in [5.41, 5.74) is 1.77. The second kappa shape index (κ2) is 10.9. The fourth-order valence-corrected chi connectivity index (χ4v) is 5.69. The zero-order chi connectivity index (χ0) is 26.0. The molecule has 0 saturated heterocycles. The third kappa shape index (κ3) is 4.93. The Morgan fingerprint density at radius 2 is 1.89 bits per heavy atom. The number of hydrogen-bond donors (Lipinski definition) is 0. The largest absolute Gasteiger partial charge is 0.495 e. The SMILES string of the molecule is CCOC(=O)C1=C(C)N=c2s/c(=C\c3cc(Cl)cc(Cl)c3OC)c(=O)n2[C@@H]1c1ccc(OCC)cc1. The fourth-order valence-electron chi connectivity index (χ4n) is 4.06. The van der Waals surface area contributed by atoms with Gasteiger partial charge < -0.3 is 14.2 Å². The van der Waals surface area contributed by atoms with Gasteiger partial charge >= 0.3 is 5.97 Å². The number of hydrogen-bond acceptors (Lipinski definition) is 7. The molecule has 4 rings (SSSR count). The lowest BCUT2D eigenvalue weighted by molar-refractivity contribution is -0.139. The first-order valence-electron chi connectivity index (χ1n) is 11.2. The van der Waals surface area contributed by atoms with Crippen molar-refractivity contribution in [3.8, 4) is 11.5 Å². The molecule has 2 aromatic carbocycles. The van der Waals surface area contributed by atoms with Crippen LogP contribution >= 0.6 is 34.5 Å². The number of halogens is 2. The molecular formula is C26H24Cl2N2O5S. The molecule has 1 aromatic heterocycles. The number of aromatic nitrogens is 1. The van der Waals surface area contributed by atoms with Gasteiger partial charge in [-0.1, -0.05) is 46.7 Å². The molecule has 2 heterocycles. The smallest absolute Gasteiger partial charge is 0.338 e. The summed E-state index contributed by atoms with van der Waals surface area (Å²) in [6, 6.07) is 9.82. The molecule has 188 valence electrons. The summed E-state index contributed by atoms with van der Waals surface area (Å²) >= 11 is 13.7. The number of rotatable bonds is 7. The predicted molar refractivity (Wildman–Crippen MR) is 141 cm³/mol. The van der Waals surface area contributed by atoms with Crippen LogP contribution in [0.2, 0.25) is 10.0 Å². The minimum Gasteiger partial charge on any atom is -0.495 e. The molecule has 1 aliphatic rings. The quantitative estimate of drug-likeness (QED) is 0.407. The van der Waals surface area contributed by atoms with Crippen molar-refractivity contribution < 1.29 is 19.0 Å². The number of carbonyl (C=O) groups excluding carboxylic acids is 1. The highest BCUT2D eigenvalue weighted by Gasteiger charge is 2.33. The highest BCUT2D eigenvalue weighted by molar-refractivity contribution is 7.07. The van der Waals surface area contributed by atoms with Crippen LogP contribution < -0.4 is 24.4 Å². The van der Waals surface area contributed by atoms with Gasteiger partial charge in [0.15, 0.2) is 4.80 Å². The monoisotopic (exact) mass is 546 g/mol. The first kappa shape index (κ1) is 26.0. The summed E-state index contributed by atoms with van der Waals surface area (Å²) in [5.74, 6) is 0.575. The van der Waals surface area contributed by atoms with E-state index in [4.69, 9.17) is 37.4 Å². The first-order chi connectivity index (χ1) is 17.3. The van der Waals surface area contributed by atoms with Crippen molar-refractivity contribution >= 4 is 46.6 Å². The molecule has 3 aromatic rings. The van der Waals surface area contributed by atoms with Gasteiger partial charge in [0.25, 0.3) is 5.56 Å².